The molecule has 2 N–H and O–H groups in total. The van der Waals surface area contributed by atoms with E-state index in [0.29, 0.717) is 12.3 Å². The summed E-state index contributed by atoms with van der Waals surface area (Å²) in [7, 11) is -3.22. The summed E-state index contributed by atoms with van der Waals surface area (Å²) >= 11 is 0. The van der Waals surface area contributed by atoms with Crippen molar-refractivity contribution < 1.29 is 13.5 Å². The molecule has 0 aromatic heterocycles. The van der Waals surface area contributed by atoms with Crippen LogP contribution in [0.15, 0.2) is 30.3 Å². The highest BCUT2D eigenvalue weighted by molar-refractivity contribution is 7.89. The summed E-state index contributed by atoms with van der Waals surface area (Å²) in [6, 6.07) is 9.04. The van der Waals surface area contributed by atoms with Crippen molar-refractivity contribution in [1.29, 1.82) is 0 Å². The number of benzene rings is 1. The van der Waals surface area contributed by atoms with Crippen molar-refractivity contribution in [2.24, 2.45) is 5.92 Å². The van der Waals surface area contributed by atoms with Crippen molar-refractivity contribution in [1.82, 2.24) is 4.72 Å². The molecule has 1 aliphatic rings. The highest BCUT2D eigenvalue weighted by Crippen LogP contribution is 2.32. The van der Waals surface area contributed by atoms with Gasteiger partial charge in [0.25, 0.3) is 0 Å². The maximum Gasteiger partial charge on any atom is 0.211 e. The molecule has 112 valence electrons. The highest BCUT2D eigenvalue weighted by atomic mass is 32.2. The van der Waals surface area contributed by atoms with Gasteiger partial charge in [-0.1, -0.05) is 43.2 Å². The molecule has 4 nitrogen and oxygen atoms in total. The predicted molar refractivity (Wildman–Crippen MR) is 79.7 cm³/mol. The fourth-order valence-corrected chi connectivity index (χ4v) is 3.76. The molecule has 0 saturated heterocycles. The van der Waals surface area contributed by atoms with Crippen molar-refractivity contribution in [3.63, 3.8) is 0 Å². The van der Waals surface area contributed by atoms with Gasteiger partial charge in [-0.15, -0.1) is 0 Å². The molecule has 0 bridgehead atoms. The Morgan fingerprint density at radius 3 is 2.55 bits per heavy atom. The van der Waals surface area contributed by atoms with Crippen LogP contribution in [0.25, 0.3) is 0 Å². The molecule has 20 heavy (non-hydrogen) atoms. The molecular weight excluding hydrogens is 274 g/mol. The van der Waals surface area contributed by atoms with Crippen molar-refractivity contribution in [3.05, 3.63) is 35.9 Å². The standard InChI is InChI=1S/C15H23NO3S/c1-12(11-15(17)14-5-3-2-4-6-14)16-20(18,19)10-9-13-7-8-13/h2-6,12-13,15-17H,7-11H2,1H3. The van der Waals surface area contributed by atoms with Crippen LogP contribution >= 0.6 is 0 Å². The van der Waals surface area contributed by atoms with E-state index in [4.69, 9.17) is 0 Å². The first-order chi connectivity index (χ1) is 9.46. The van der Waals surface area contributed by atoms with E-state index >= 15 is 0 Å². The maximum atomic E-state index is 11.9. The van der Waals surface area contributed by atoms with Gasteiger partial charge in [0.15, 0.2) is 0 Å². The molecule has 2 unspecified atom stereocenters. The van der Waals surface area contributed by atoms with Gasteiger partial charge in [-0.2, -0.15) is 0 Å². The Labute approximate surface area is 121 Å². The number of rotatable bonds is 8. The Morgan fingerprint density at radius 1 is 1.30 bits per heavy atom. The third kappa shape index (κ3) is 5.23. The quantitative estimate of drug-likeness (QED) is 0.773. The van der Waals surface area contributed by atoms with Crippen molar-refractivity contribution in [3.8, 4) is 0 Å². The number of nitrogens with one attached hydrogen (secondary N) is 1. The second-order valence-corrected chi connectivity index (χ2v) is 7.61. The van der Waals surface area contributed by atoms with Crippen LogP contribution in [0.3, 0.4) is 0 Å². The maximum absolute atomic E-state index is 11.9. The van der Waals surface area contributed by atoms with E-state index in [1.807, 2.05) is 30.3 Å². The largest absolute Gasteiger partial charge is 0.388 e. The van der Waals surface area contributed by atoms with Crippen molar-refractivity contribution in [2.45, 2.75) is 44.8 Å². The van der Waals surface area contributed by atoms with Crippen LogP contribution in [-0.2, 0) is 10.0 Å². The number of aliphatic hydroxyl groups is 1. The first-order valence-corrected chi connectivity index (χ1v) is 8.84. The first kappa shape index (κ1) is 15.5. The summed E-state index contributed by atoms with van der Waals surface area (Å²) in [5.74, 6) is 0.806. The van der Waals surface area contributed by atoms with Crippen LogP contribution in [-0.4, -0.2) is 25.3 Å². The zero-order valence-corrected chi connectivity index (χ0v) is 12.6. The van der Waals surface area contributed by atoms with Gasteiger partial charge in [0, 0.05) is 6.04 Å². The zero-order valence-electron chi connectivity index (χ0n) is 11.8. The van der Waals surface area contributed by atoms with Gasteiger partial charge < -0.3 is 5.11 Å². The van der Waals surface area contributed by atoms with E-state index in [1.165, 1.54) is 0 Å². The zero-order chi connectivity index (χ0) is 14.6. The summed E-state index contributed by atoms with van der Waals surface area (Å²) in [6.07, 6.45) is 2.82. The molecule has 1 aromatic rings. The number of hydrogen-bond donors (Lipinski definition) is 2. The summed E-state index contributed by atoms with van der Waals surface area (Å²) in [4.78, 5) is 0. The fourth-order valence-electron chi connectivity index (χ4n) is 2.29. The normalized spacial score (nSPS) is 18.7. The number of hydrogen-bond acceptors (Lipinski definition) is 3. The van der Waals surface area contributed by atoms with Crippen LogP contribution in [0.1, 0.15) is 44.3 Å². The molecule has 0 heterocycles. The van der Waals surface area contributed by atoms with Gasteiger partial charge in [0.1, 0.15) is 0 Å². The molecule has 0 spiro atoms. The molecule has 1 aliphatic carbocycles. The summed E-state index contributed by atoms with van der Waals surface area (Å²) in [5.41, 5.74) is 0.816. The van der Waals surface area contributed by atoms with Gasteiger partial charge in [-0.3, -0.25) is 0 Å². The third-order valence-electron chi connectivity index (χ3n) is 3.63. The monoisotopic (exact) mass is 297 g/mol. The van der Waals surface area contributed by atoms with Gasteiger partial charge in [-0.25, -0.2) is 13.1 Å². The molecule has 0 amide bonds. The second-order valence-electron chi connectivity index (χ2n) is 5.73. The van der Waals surface area contributed by atoms with E-state index in [9.17, 15) is 13.5 Å². The fraction of sp³-hybridized carbons (Fsp3) is 0.600. The van der Waals surface area contributed by atoms with Gasteiger partial charge >= 0.3 is 0 Å². The van der Waals surface area contributed by atoms with E-state index in [2.05, 4.69) is 4.72 Å². The molecular formula is C15H23NO3S. The molecule has 0 radical (unpaired) electrons. The minimum Gasteiger partial charge on any atom is -0.388 e. The van der Waals surface area contributed by atoms with Gasteiger partial charge in [0.05, 0.1) is 11.9 Å². The lowest BCUT2D eigenvalue weighted by atomic mass is 10.0. The molecule has 1 saturated carbocycles. The summed E-state index contributed by atoms with van der Waals surface area (Å²) in [5, 5.41) is 10.1. The van der Waals surface area contributed by atoms with Crippen LogP contribution in [0.2, 0.25) is 0 Å². The molecule has 1 fully saturated rings. The van der Waals surface area contributed by atoms with Gasteiger partial charge in [0.2, 0.25) is 10.0 Å². The average molecular weight is 297 g/mol. The summed E-state index contributed by atoms with van der Waals surface area (Å²) < 4.78 is 26.4. The van der Waals surface area contributed by atoms with Crippen LogP contribution in [0.5, 0.6) is 0 Å². The predicted octanol–water partition coefficient (Wildman–Crippen LogP) is 2.22. The lowest BCUT2D eigenvalue weighted by Crippen LogP contribution is -2.35. The second kappa shape index (κ2) is 6.70. The Kier molecular flexibility index (Phi) is 5.18. The lowest BCUT2D eigenvalue weighted by molar-refractivity contribution is 0.158. The highest BCUT2D eigenvalue weighted by Gasteiger charge is 2.25. The number of sulfonamides is 1. The van der Waals surface area contributed by atoms with Gasteiger partial charge in [-0.05, 0) is 31.2 Å². The smallest absolute Gasteiger partial charge is 0.211 e. The molecule has 1 aromatic carbocycles. The minimum atomic E-state index is -3.22. The Bertz CT molecular complexity index is 511. The van der Waals surface area contributed by atoms with Crippen molar-refractivity contribution in [2.75, 3.05) is 5.75 Å². The lowest BCUT2D eigenvalue weighted by Gasteiger charge is -2.18. The average Bonchev–Trinajstić information content (AvgIpc) is 3.21. The Hall–Kier alpha value is -0.910. The Morgan fingerprint density at radius 2 is 1.95 bits per heavy atom. The van der Waals surface area contributed by atoms with E-state index < -0.39 is 16.1 Å². The van der Waals surface area contributed by atoms with Crippen LogP contribution in [0.4, 0.5) is 0 Å². The van der Waals surface area contributed by atoms with E-state index in [0.717, 1.165) is 24.8 Å². The minimum absolute atomic E-state index is 0.198. The molecule has 2 rings (SSSR count). The van der Waals surface area contributed by atoms with Crippen LogP contribution in [0, 0.1) is 5.92 Å². The molecule has 2 atom stereocenters. The number of aliphatic hydroxyl groups excluding tert-OH is 1. The topological polar surface area (TPSA) is 66.4 Å². The first-order valence-electron chi connectivity index (χ1n) is 7.19. The SMILES string of the molecule is CC(CC(O)c1ccccc1)NS(=O)(=O)CCC1CC1. The van der Waals surface area contributed by atoms with E-state index in [-0.39, 0.29) is 11.8 Å². The third-order valence-corrected chi connectivity index (χ3v) is 5.17. The van der Waals surface area contributed by atoms with E-state index in [1.54, 1.807) is 6.92 Å². The van der Waals surface area contributed by atoms with Crippen LogP contribution < -0.4 is 4.72 Å². The molecule has 5 heteroatoms. The van der Waals surface area contributed by atoms with Crippen molar-refractivity contribution >= 4 is 10.0 Å². The summed E-state index contributed by atoms with van der Waals surface area (Å²) in [6.45, 7) is 1.79. The molecule has 0 aliphatic heterocycles. The Balaban J connectivity index is 1.80.